The maximum atomic E-state index is 13.6. The lowest BCUT2D eigenvalue weighted by atomic mass is 9.95. The number of hydrogen-bond donors (Lipinski definition) is 3. The number of rotatable bonds is 5. The van der Waals surface area contributed by atoms with Gasteiger partial charge in [0, 0.05) is 41.3 Å². The molecule has 39 heavy (non-hydrogen) atoms. The summed E-state index contributed by atoms with van der Waals surface area (Å²) >= 11 is 0. The largest absolute Gasteiger partial charge is 0.399 e. The summed E-state index contributed by atoms with van der Waals surface area (Å²) in [7, 11) is 0. The molecule has 0 fully saturated rings. The second-order valence-electron chi connectivity index (χ2n) is 10.3. The maximum Gasteiger partial charge on any atom is 0.276 e. The number of nitrogens with one attached hydrogen (secondary N) is 2. The molecule has 1 aliphatic heterocycles. The molecule has 0 saturated heterocycles. The van der Waals surface area contributed by atoms with E-state index in [0.717, 1.165) is 33.2 Å². The maximum absolute atomic E-state index is 13.6. The van der Waals surface area contributed by atoms with Crippen LogP contribution in [0.3, 0.4) is 0 Å². The highest BCUT2D eigenvalue weighted by atomic mass is 16.2. The summed E-state index contributed by atoms with van der Waals surface area (Å²) in [5, 5.41) is 10.0. The molecule has 4 N–H and O–H groups in total. The molecule has 0 aliphatic carbocycles. The van der Waals surface area contributed by atoms with Crippen molar-refractivity contribution in [3.05, 3.63) is 113 Å². The van der Waals surface area contributed by atoms with Crippen LogP contribution in [0, 0.1) is 6.92 Å². The first kappa shape index (κ1) is 24.5. The molecule has 1 unspecified atom stereocenters. The Hall–Kier alpha value is -4.85. The van der Waals surface area contributed by atoms with Crippen molar-refractivity contribution in [2.45, 2.75) is 32.9 Å². The predicted octanol–water partition coefficient (Wildman–Crippen LogP) is 5.32. The van der Waals surface area contributed by atoms with E-state index in [-0.39, 0.29) is 17.7 Å². The molecule has 0 spiro atoms. The fourth-order valence-electron chi connectivity index (χ4n) is 5.57. The Labute approximate surface area is 226 Å². The quantitative estimate of drug-likeness (QED) is 0.274. The number of aryl methyl sites for hydroxylation is 1. The lowest BCUT2D eigenvalue weighted by Gasteiger charge is -2.32. The average Bonchev–Trinajstić information content (AvgIpc) is 3.57. The number of amides is 2. The number of carbonyl (C=O) groups excluding carboxylic acids is 2. The summed E-state index contributed by atoms with van der Waals surface area (Å²) in [6, 6.07) is 23.3. The Morgan fingerprint density at radius 2 is 1.92 bits per heavy atom. The topological polar surface area (TPSA) is 109 Å². The van der Waals surface area contributed by atoms with Crippen LogP contribution in [-0.4, -0.2) is 38.0 Å². The Kier molecular flexibility index (Phi) is 6.15. The lowest BCUT2D eigenvalue weighted by Crippen LogP contribution is -2.38. The molecule has 2 aromatic heterocycles. The van der Waals surface area contributed by atoms with Gasteiger partial charge in [0.2, 0.25) is 0 Å². The standard InChI is InChI=1S/C31H30N6O2/c1-19-6-3-9-24(14-19)34-30(38)28-26-18-36(31(39)27-10-5-13-33-27)16-20(2)29(26)37(35-28)17-22-8-4-7-21-15-23(32)11-12-25(21)22/h3-15,20,33H,16-18,32H2,1-2H3,(H,34,38). The summed E-state index contributed by atoms with van der Waals surface area (Å²) in [6.07, 6.45) is 1.74. The van der Waals surface area contributed by atoms with Crippen LogP contribution in [0.1, 0.15) is 56.2 Å². The average molecular weight is 519 g/mol. The fraction of sp³-hybridized carbons (Fsp3) is 0.194. The van der Waals surface area contributed by atoms with Crippen molar-refractivity contribution in [2.24, 2.45) is 0 Å². The SMILES string of the molecule is Cc1cccc(NC(=O)c2nn(Cc3cccc4cc(N)ccc34)c3c2CN(C(=O)c2ccc[nH]2)CC3C)c1. The molecule has 8 heteroatoms. The van der Waals surface area contributed by atoms with Crippen LogP contribution < -0.4 is 11.1 Å². The van der Waals surface area contributed by atoms with Gasteiger partial charge in [0.25, 0.3) is 11.8 Å². The van der Waals surface area contributed by atoms with Crippen LogP contribution in [0.5, 0.6) is 0 Å². The highest BCUT2D eigenvalue weighted by Crippen LogP contribution is 2.33. The van der Waals surface area contributed by atoms with Gasteiger partial charge in [-0.05, 0) is 65.2 Å². The van der Waals surface area contributed by atoms with Crippen molar-refractivity contribution >= 4 is 34.0 Å². The van der Waals surface area contributed by atoms with Gasteiger partial charge in [-0.1, -0.05) is 43.3 Å². The van der Waals surface area contributed by atoms with E-state index in [2.05, 4.69) is 23.3 Å². The van der Waals surface area contributed by atoms with Crippen LogP contribution >= 0.6 is 0 Å². The Morgan fingerprint density at radius 1 is 1.08 bits per heavy atom. The van der Waals surface area contributed by atoms with Gasteiger partial charge in [0.05, 0.1) is 13.1 Å². The van der Waals surface area contributed by atoms with E-state index < -0.39 is 0 Å². The Bertz CT molecular complexity index is 1700. The molecule has 3 aromatic carbocycles. The highest BCUT2D eigenvalue weighted by molar-refractivity contribution is 6.04. The minimum Gasteiger partial charge on any atom is -0.399 e. The molecule has 1 atom stereocenters. The lowest BCUT2D eigenvalue weighted by molar-refractivity contribution is 0.0711. The zero-order valence-electron chi connectivity index (χ0n) is 21.9. The van der Waals surface area contributed by atoms with Gasteiger partial charge >= 0.3 is 0 Å². The first-order chi connectivity index (χ1) is 18.9. The number of aromatic nitrogens is 3. The Balaban J connectivity index is 1.41. The molecule has 0 bridgehead atoms. The van der Waals surface area contributed by atoms with Gasteiger partial charge in [-0.2, -0.15) is 5.10 Å². The van der Waals surface area contributed by atoms with Crippen LogP contribution in [-0.2, 0) is 13.1 Å². The molecule has 2 amide bonds. The van der Waals surface area contributed by atoms with Crippen molar-refractivity contribution in [3.63, 3.8) is 0 Å². The van der Waals surface area contributed by atoms with Crippen molar-refractivity contribution in [1.82, 2.24) is 19.7 Å². The third kappa shape index (κ3) is 4.65. The van der Waals surface area contributed by atoms with Crippen molar-refractivity contribution in [3.8, 4) is 0 Å². The number of nitrogen functional groups attached to an aromatic ring is 1. The minimum absolute atomic E-state index is 0.0219. The van der Waals surface area contributed by atoms with Gasteiger partial charge < -0.3 is 20.9 Å². The molecule has 6 rings (SSSR count). The zero-order valence-corrected chi connectivity index (χ0v) is 21.9. The van der Waals surface area contributed by atoms with Gasteiger partial charge in [-0.25, -0.2) is 0 Å². The van der Waals surface area contributed by atoms with E-state index in [1.807, 2.05) is 72.3 Å². The van der Waals surface area contributed by atoms with Gasteiger partial charge in [0.15, 0.2) is 5.69 Å². The molecule has 3 heterocycles. The summed E-state index contributed by atoms with van der Waals surface area (Å²) in [5.74, 6) is -0.407. The summed E-state index contributed by atoms with van der Waals surface area (Å²) in [5.41, 5.74) is 12.2. The van der Waals surface area contributed by atoms with E-state index in [1.54, 1.807) is 17.2 Å². The molecule has 196 valence electrons. The first-order valence-corrected chi connectivity index (χ1v) is 13.0. The second-order valence-corrected chi connectivity index (χ2v) is 10.3. The van der Waals surface area contributed by atoms with Gasteiger partial charge in [-0.3, -0.25) is 14.3 Å². The van der Waals surface area contributed by atoms with E-state index in [1.165, 1.54) is 0 Å². The molecular formula is C31H30N6O2. The molecule has 1 aliphatic rings. The third-order valence-electron chi connectivity index (χ3n) is 7.33. The number of nitrogens with zero attached hydrogens (tertiary/aromatic N) is 3. The number of aromatic amines is 1. The van der Waals surface area contributed by atoms with Crippen LogP contribution in [0.25, 0.3) is 10.8 Å². The van der Waals surface area contributed by atoms with Crippen LogP contribution in [0.2, 0.25) is 0 Å². The number of benzene rings is 3. The molecule has 0 saturated carbocycles. The number of nitrogens with two attached hydrogens (primary N) is 1. The summed E-state index contributed by atoms with van der Waals surface area (Å²) < 4.78 is 1.94. The van der Waals surface area contributed by atoms with Crippen LogP contribution in [0.15, 0.2) is 79.0 Å². The molecule has 0 radical (unpaired) electrons. The van der Waals surface area contributed by atoms with E-state index in [9.17, 15) is 9.59 Å². The highest BCUT2D eigenvalue weighted by Gasteiger charge is 2.34. The summed E-state index contributed by atoms with van der Waals surface area (Å²) in [4.78, 5) is 31.7. The van der Waals surface area contributed by atoms with Crippen molar-refractivity contribution in [2.75, 3.05) is 17.6 Å². The second kappa shape index (κ2) is 9.79. The fourth-order valence-corrected chi connectivity index (χ4v) is 5.57. The third-order valence-corrected chi connectivity index (χ3v) is 7.33. The Morgan fingerprint density at radius 3 is 2.72 bits per heavy atom. The minimum atomic E-state index is -0.289. The monoisotopic (exact) mass is 518 g/mol. The summed E-state index contributed by atoms with van der Waals surface area (Å²) in [6.45, 7) is 5.39. The molecule has 5 aromatic rings. The normalized spacial score (nSPS) is 14.8. The molecule has 8 nitrogen and oxygen atoms in total. The molecular weight excluding hydrogens is 488 g/mol. The smallest absolute Gasteiger partial charge is 0.276 e. The number of anilines is 2. The predicted molar refractivity (Wildman–Crippen MR) is 153 cm³/mol. The van der Waals surface area contributed by atoms with Crippen LogP contribution in [0.4, 0.5) is 11.4 Å². The van der Waals surface area contributed by atoms with E-state index in [4.69, 9.17) is 10.8 Å². The van der Waals surface area contributed by atoms with Gasteiger partial charge in [0.1, 0.15) is 5.69 Å². The number of fused-ring (bicyclic) bond motifs is 2. The zero-order chi connectivity index (χ0) is 27.1. The number of hydrogen-bond acceptors (Lipinski definition) is 4. The van der Waals surface area contributed by atoms with Crippen molar-refractivity contribution in [1.29, 1.82) is 0 Å². The van der Waals surface area contributed by atoms with Crippen molar-refractivity contribution < 1.29 is 9.59 Å². The van der Waals surface area contributed by atoms with E-state index in [0.29, 0.717) is 42.4 Å². The van der Waals surface area contributed by atoms with E-state index >= 15 is 0 Å². The first-order valence-electron chi connectivity index (χ1n) is 13.0. The number of carbonyl (C=O) groups is 2. The van der Waals surface area contributed by atoms with Gasteiger partial charge in [-0.15, -0.1) is 0 Å². The number of H-pyrrole nitrogens is 1.